The van der Waals surface area contributed by atoms with Gasteiger partial charge in [0.25, 0.3) is 0 Å². The number of nitrogens with one attached hydrogen (secondary N) is 1. The highest BCUT2D eigenvalue weighted by Crippen LogP contribution is 2.21. The molecule has 0 amide bonds. The fraction of sp³-hybridized carbons (Fsp3) is 0.571. The minimum atomic E-state index is 0.725. The first-order valence-corrected chi connectivity index (χ1v) is 6.25. The van der Waals surface area contributed by atoms with Gasteiger partial charge in [0.15, 0.2) is 0 Å². The summed E-state index contributed by atoms with van der Waals surface area (Å²) in [5.74, 6) is 0.958. The number of rotatable bonds is 7. The minimum absolute atomic E-state index is 0.725. The monoisotopic (exact) mass is 221 g/mol. The van der Waals surface area contributed by atoms with Gasteiger partial charge in [-0.25, -0.2) is 0 Å². The number of hydrogen-bond acceptors (Lipinski definition) is 2. The number of hydrogen-bond donors (Lipinski definition) is 1. The molecule has 1 N–H and O–H groups in total. The summed E-state index contributed by atoms with van der Waals surface area (Å²) in [7, 11) is 0. The lowest BCUT2D eigenvalue weighted by molar-refractivity contribution is 0.340. The van der Waals surface area contributed by atoms with Gasteiger partial charge in [0, 0.05) is 12.2 Å². The molecule has 1 aromatic carbocycles. The van der Waals surface area contributed by atoms with Crippen molar-refractivity contribution in [3.05, 3.63) is 23.8 Å². The van der Waals surface area contributed by atoms with E-state index in [9.17, 15) is 0 Å². The third-order valence-electron chi connectivity index (χ3n) is 2.60. The minimum Gasteiger partial charge on any atom is -0.494 e. The Balaban J connectivity index is 2.47. The maximum absolute atomic E-state index is 5.46. The molecule has 0 fully saturated rings. The van der Waals surface area contributed by atoms with E-state index < -0.39 is 0 Å². The molecule has 0 aliphatic carbocycles. The zero-order valence-corrected chi connectivity index (χ0v) is 10.7. The summed E-state index contributed by atoms with van der Waals surface area (Å²) in [6.07, 6.45) is 3.80. The van der Waals surface area contributed by atoms with Crippen LogP contribution in [0.3, 0.4) is 0 Å². The maximum Gasteiger partial charge on any atom is 0.119 e. The van der Waals surface area contributed by atoms with Gasteiger partial charge in [-0.3, -0.25) is 0 Å². The van der Waals surface area contributed by atoms with Gasteiger partial charge in [-0.1, -0.05) is 19.8 Å². The first kappa shape index (κ1) is 12.9. The fourth-order valence-electron chi connectivity index (χ4n) is 1.69. The summed E-state index contributed by atoms with van der Waals surface area (Å²) < 4.78 is 5.46. The van der Waals surface area contributed by atoms with Gasteiger partial charge in [-0.05, 0) is 44.0 Å². The van der Waals surface area contributed by atoms with Crippen molar-refractivity contribution in [3.63, 3.8) is 0 Å². The summed E-state index contributed by atoms with van der Waals surface area (Å²) in [5, 5.41) is 3.46. The van der Waals surface area contributed by atoms with Crippen molar-refractivity contribution in [1.82, 2.24) is 0 Å². The molecule has 0 atom stereocenters. The molecular weight excluding hydrogens is 198 g/mol. The summed E-state index contributed by atoms with van der Waals surface area (Å²) in [6, 6.07) is 6.22. The molecule has 1 aromatic rings. The maximum atomic E-state index is 5.46. The first-order chi connectivity index (χ1) is 7.77. The molecular formula is C14H23NO. The van der Waals surface area contributed by atoms with Crippen LogP contribution < -0.4 is 10.1 Å². The second-order valence-electron chi connectivity index (χ2n) is 4.04. The average Bonchev–Trinajstić information content (AvgIpc) is 2.27. The number of aryl methyl sites for hydroxylation is 1. The Kier molecular flexibility index (Phi) is 5.76. The Morgan fingerprint density at radius 1 is 1.19 bits per heavy atom. The van der Waals surface area contributed by atoms with Gasteiger partial charge in [-0.2, -0.15) is 0 Å². The topological polar surface area (TPSA) is 21.3 Å². The van der Waals surface area contributed by atoms with E-state index >= 15 is 0 Å². The van der Waals surface area contributed by atoms with Crippen LogP contribution >= 0.6 is 0 Å². The molecule has 0 bridgehead atoms. The van der Waals surface area contributed by atoms with E-state index in [2.05, 4.69) is 31.3 Å². The lowest BCUT2D eigenvalue weighted by atomic mass is 10.2. The number of anilines is 1. The van der Waals surface area contributed by atoms with Crippen molar-refractivity contribution >= 4 is 5.69 Å². The third kappa shape index (κ3) is 4.13. The van der Waals surface area contributed by atoms with Gasteiger partial charge < -0.3 is 10.1 Å². The molecule has 90 valence electrons. The summed E-state index contributed by atoms with van der Waals surface area (Å²) in [6.45, 7) is 8.13. The largest absolute Gasteiger partial charge is 0.494 e. The van der Waals surface area contributed by atoms with E-state index in [0.717, 1.165) is 18.9 Å². The van der Waals surface area contributed by atoms with Crippen LogP contribution in [-0.4, -0.2) is 13.2 Å². The van der Waals surface area contributed by atoms with Crippen LogP contribution in [0, 0.1) is 6.92 Å². The molecule has 0 saturated heterocycles. The SMILES string of the molecule is CCCCCNc1ccc(OCC)cc1C. The number of unbranched alkanes of at least 4 members (excludes halogenated alkanes) is 2. The first-order valence-electron chi connectivity index (χ1n) is 6.25. The van der Waals surface area contributed by atoms with Crippen molar-refractivity contribution in [2.75, 3.05) is 18.5 Å². The van der Waals surface area contributed by atoms with E-state index in [0.29, 0.717) is 0 Å². The molecule has 1 rings (SSSR count). The second-order valence-corrected chi connectivity index (χ2v) is 4.04. The van der Waals surface area contributed by atoms with E-state index in [4.69, 9.17) is 4.74 Å². The highest BCUT2D eigenvalue weighted by atomic mass is 16.5. The van der Waals surface area contributed by atoms with Crippen LogP contribution in [0.4, 0.5) is 5.69 Å². The molecule has 0 unspecified atom stereocenters. The molecule has 2 nitrogen and oxygen atoms in total. The lowest BCUT2D eigenvalue weighted by Crippen LogP contribution is -2.03. The molecule has 0 aliphatic rings. The Morgan fingerprint density at radius 3 is 2.62 bits per heavy atom. The van der Waals surface area contributed by atoms with Crippen LogP contribution in [0.2, 0.25) is 0 Å². The zero-order chi connectivity index (χ0) is 11.8. The van der Waals surface area contributed by atoms with E-state index in [1.165, 1.54) is 30.5 Å². The van der Waals surface area contributed by atoms with Crippen molar-refractivity contribution in [2.24, 2.45) is 0 Å². The van der Waals surface area contributed by atoms with Gasteiger partial charge >= 0.3 is 0 Å². The Morgan fingerprint density at radius 2 is 2.00 bits per heavy atom. The molecule has 0 saturated carbocycles. The molecule has 0 radical (unpaired) electrons. The van der Waals surface area contributed by atoms with Crippen molar-refractivity contribution in [2.45, 2.75) is 40.0 Å². The molecule has 2 heteroatoms. The normalized spacial score (nSPS) is 10.2. The van der Waals surface area contributed by atoms with E-state index in [1.807, 2.05) is 13.0 Å². The molecule has 0 spiro atoms. The smallest absolute Gasteiger partial charge is 0.119 e. The predicted molar refractivity (Wildman–Crippen MR) is 70.4 cm³/mol. The second kappa shape index (κ2) is 7.15. The van der Waals surface area contributed by atoms with Gasteiger partial charge in [0.1, 0.15) is 5.75 Å². The van der Waals surface area contributed by atoms with Crippen LogP contribution in [0.5, 0.6) is 5.75 Å². The quantitative estimate of drug-likeness (QED) is 0.703. The summed E-state index contributed by atoms with van der Waals surface area (Å²) in [4.78, 5) is 0. The van der Waals surface area contributed by atoms with Gasteiger partial charge in [0.2, 0.25) is 0 Å². The molecule has 0 heterocycles. The van der Waals surface area contributed by atoms with Gasteiger partial charge in [0.05, 0.1) is 6.61 Å². The summed E-state index contributed by atoms with van der Waals surface area (Å²) in [5.41, 5.74) is 2.47. The summed E-state index contributed by atoms with van der Waals surface area (Å²) >= 11 is 0. The van der Waals surface area contributed by atoms with Crippen LogP contribution in [-0.2, 0) is 0 Å². The standard InChI is InChI=1S/C14H23NO/c1-4-6-7-10-15-14-9-8-13(16-5-2)11-12(14)3/h8-9,11,15H,4-7,10H2,1-3H3. The Bertz CT molecular complexity index is 310. The van der Waals surface area contributed by atoms with Crippen molar-refractivity contribution in [1.29, 1.82) is 0 Å². The zero-order valence-electron chi connectivity index (χ0n) is 10.7. The molecule has 0 aromatic heterocycles. The lowest BCUT2D eigenvalue weighted by Gasteiger charge is -2.11. The third-order valence-corrected chi connectivity index (χ3v) is 2.60. The van der Waals surface area contributed by atoms with E-state index in [-0.39, 0.29) is 0 Å². The van der Waals surface area contributed by atoms with Crippen LogP contribution in [0.1, 0.15) is 38.7 Å². The van der Waals surface area contributed by atoms with Crippen molar-refractivity contribution < 1.29 is 4.74 Å². The number of benzene rings is 1. The fourth-order valence-corrected chi connectivity index (χ4v) is 1.69. The predicted octanol–water partition coefficient (Wildman–Crippen LogP) is 4.00. The van der Waals surface area contributed by atoms with Crippen LogP contribution in [0.25, 0.3) is 0 Å². The molecule has 16 heavy (non-hydrogen) atoms. The average molecular weight is 221 g/mol. The Hall–Kier alpha value is -1.18. The van der Waals surface area contributed by atoms with Crippen molar-refractivity contribution in [3.8, 4) is 5.75 Å². The molecule has 0 aliphatic heterocycles. The van der Waals surface area contributed by atoms with E-state index in [1.54, 1.807) is 0 Å². The van der Waals surface area contributed by atoms with Gasteiger partial charge in [-0.15, -0.1) is 0 Å². The highest BCUT2D eigenvalue weighted by molar-refractivity contribution is 5.53. The Labute approximate surface area is 99.0 Å². The van der Waals surface area contributed by atoms with Crippen LogP contribution in [0.15, 0.2) is 18.2 Å². The highest BCUT2D eigenvalue weighted by Gasteiger charge is 1.99. The number of ether oxygens (including phenoxy) is 1.